The third-order valence-electron chi connectivity index (χ3n) is 8.83. The Labute approximate surface area is 253 Å². The molecule has 0 aromatic heterocycles. The predicted molar refractivity (Wildman–Crippen MR) is 158 cm³/mol. The number of hydrogen-bond donors (Lipinski definition) is 2. The topological polar surface area (TPSA) is 87.7 Å². The van der Waals surface area contributed by atoms with Crippen molar-refractivity contribution >= 4 is 46.6 Å². The molecule has 218 valence electrons. The highest BCUT2D eigenvalue weighted by Crippen LogP contribution is 2.59. The van der Waals surface area contributed by atoms with E-state index in [4.69, 9.17) is 27.9 Å². The van der Waals surface area contributed by atoms with Crippen molar-refractivity contribution < 1.29 is 23.5 Å². The molecule has 2 saturated heterocycles. The van der Waals surface area contributed by atoms with E-state index in [0.717, 1.165) is 5.56 Å². The van der Waals surface area contributed by atoms with Crippen molar-refractivity contribution in [2.24, 2.45) is 0 Å². The predicted octanol–water partition coefficient (Wildman–Crippen LogP) is 6.07. The highest BCUT2D eigenvalue weighted by Gasteiger charge is 2.62. The normalized spacial score (nSPS) is 23.9. The van der Waals surface area contributed by atoms with Gasteiger partial charge in [-0.1, -0.05) is 35.3 Å². The van der Waals surface area contributed by atoms with Gasteiger partial charge < -0.3 is 20.3 Å². The third-order valence-corrected chi connectivity index (χ3v) is 9.30. The lowest BCUT2D eigenvalue weighted by Crippen LogP contribution is -2.57. The smallest absolute Gasteiger partial charge is 0.238 e. The molecule has 0 aliphatic carbocycles. The maximum atomic E-state index is 14.7. The van der Waals surface area contributed by atoms with Crippen molar-refractivity contribution in [3.8, 4) is 5.75 Å². The summed E-state index contributed by atoms with van der Waals surface area (Å²) in [5.41, 5.74) is 1.67. The van der Waals surface area contributed by atoms with Gasteiger partial charge in [0.2, 0.25) is 17.7 Å². The van der Waals surface area contributed by atoms with Crippen LogP contribution < -0.4 is 15.4 Å². The molecule has 42 heavy (non-hydrogen) atoms. The molecule has 6 rings (SSSR count). The van der Waals surface area contributed by atoms with Gasteiger partial charge in [0, 0.05) is 66.5 Å². The van der Waals surface area contributed by atoms with E-state index in [1.54, 1.807) is 54.3 Å². The number of likely N-dealkylation sites (tertiary alicyclic amines) is 1. The summed E-state index contributed by atoms with van der Waals surface area (Å²) in [6, 6.07) is 13.9. The van der Waals surface area contributed by atoms with Crippen LogP contribution in [0, 0.1) is 12.7 Å². The van der Waals surface area contributed by atoms with Crippen molar-refractivity contribution in [3.05, 3.63) is 92.7 Å². The maximum Gasteiger partial charge on any atom is 0.238 e. The van der Waals surface area contributed by atoms with E-state index in [0.29, 0.717) is 64.1 Å². The number of halogens is 3. The first-order chi connectivity index (χ1) is 20.1. The standard InChI is InChI=1S/C32H30Cl2FN3O4/c1-17-3-6-21(35)15-23(17)30-32(25-7-4-20(34)14-27(25)36-31(32)41)26(16-29(40)37-30)24-13-19(33)5-8-28(24)42-22-9-11-38(12-10-22)18(2)39/h3-8,13-15,22,26,30H,9-12,16H2,1-2H3,(H,36,41)(H,37,40)/t26-,30+,32-/m1/s1. The fourth-order valence-electron chi connectivity index (χ4n) is 6.81. The molecular weight excluding hydrogens is 580 g/mol. The van der Waals surface area contributed by atoms with Gasteiger partial charge >= 0.3 is 0 Å². The summed E-state index contributed by atoms with van der Waals surface area (Å²) in [4.78, 5) is 41.5. The fourth-order valence-corrected chi connectivity index (χ4v) is 7.16. The number of piperidine rings is 2. The minimum Gasteiger partial charge on any atom is -0.490 e. The number of aryl methyl sites for hydroxylation is 1. The Morgan fingerprint density at radius 2 is 1.71 bits per heavy atom. The van der Waals surface area contributed by atoms with Crippen molar-refractivity contribution in [3.63, 3.8) is 0 Å². The minimum atomic E-state index is -1.37. The van der Waals surface area contributed by atoms with Crippen molar-refractivity contribution in [2.45, 2.75) is 56.6 Å². The number of amides is 3. The minimum absolute atomic E-state index is 0.0279. The van der Waals surface area contributed by atoms with Crippen LogP contribution in [0.5, 0.6) is 5.75 Å². The molecule has 3 amide bonds. The summed E-state index contributed by atoms with van der Waals surface area (Å²) in [7, 11) is 0. The SMILES string of the molecule is CC(=O)N1CCC(Oc2ccc(Cl)cc2[C@H]2CC(=O)N[C@@H](c3cc(F)ccc3C)[C@]23C(=O)Nc2cc(Cl)ccc23)CC1. The Hall–Kier alpha value is -3.62. The Morgan fingerprint density at radius 3 is 2.45 bits per heavy atom. The summed E-state index contributed by atoms with van der Waals surface area (Å²) >= 11 is 12.9. The van der Waals surface area contributed by atoms with E-state index in [2.05, 4.69) is 10.6 Å². The molecule has 3 aliphatic heterocycles. The number of rotatable bonds is 4. The Morgan fingerprint density at radius 1 is 1.00 bits per heavy atom. The lowest BCUT2D eigenvalue weighted by atomic mass is 9.59. The Kier molecular flexibility index (Phi) is 7.39. The highest BCUT2D eigenvalue weighted by molar-refractivity contribution is 6.31. The molecule has 3 heterocycles. The molecular formula is C32H30Cl2FN3O4. The van der Waals surface area contributed by atoms with Gasteiger partial charge in [-0.15, -0.1) is 0 Å². The molecule has 0 saturated carbocycles. The monoisotopic (exact) mass is 609 g/mol. The van der Waals surface area contributed by atoms with E-state index in [1.165, 1.54) is 12.1 Å². The number of ether oxygens (including phenoxy) is 1. The van der Waals surface area contributed by atoms with Gasteiger partial charge in [-0.2, -0.15) is 0 Å². The number of carbonyl (C=O) groups is 3. The number of nitrogens with one attached hydrogen (secondary N) is 2. The summed E-state index contributed by atoms with van der Waals surface area (Å²) in [5, 5.41) is 6.92. The average Bonchev–Trinajstić information content (AvgIpc) is 3.23. The second-order valence-corrected chi connectivity index (χ2v) is 12.1. The van der Waals surface area contributed by atoms with E-state index in [1.807, 2.05) is 6.92 Å². The third kappa shape index (κ3) is 4.80. The van der Waals surface area contributed by atoms with Gasteiger partial charge in [-0.05, 0) is 66.1 Å². The molecule has 2 N–H and O–H groups in total. The largest absolute Gasteiger partial charge is 0.490 e. The van der Waals surface area contributed by atoms with Crippen LogP contribution in [0.4, 0.5) is 10.1 Å². The second-order valence-electron chi connectivity index (χ2n) is 11.3. The number of benzene rings is 3. The summed E-state index contributed by atoms with van der Waals surface area (Å²) in [6.45, 7) is 4.54. The molecule has 3 atom stereocenters. The van der Waals surface area contributed by atoms with Crippen molar-refractivity contribution in [1.29, 1.82) is 0 Å². The van der Waals surface area contributed by atoms with Gasteiger partial charge in [-0.25, -0.2) is 4.39 Å². The first kappa shape index (κ1) is 28.5. The van der Waals surface area contributed by atoms with Gasteiger partial charge in [0.05, 0.1) is 6.04 Å². The molecule has 1 spiro atoms. The Balaban J connectivity index is 1.52. The zero-order valence-corrected chi connectivity index (χ0v) is 24.7. The van der Waals surface area contributed by atoms with Crippen molar-refractivity contribution in [2.75, 3.05) is 18.4 Å². The van der Waals surface area contributed by atoms with Crippen molar-refractivity contribution in [1.82, 2.24) is 10.2 Å². The molecule has 0 radical (unpaired) electrons. The van der Waals surface area contributed by atoms with E-state index in [9.17, 15) is 18.8 Å². The number of hydrogen-bond acceptors (Lipinski definition) is 4. The molecule has 2 fully saturated rings. The van der Waals surface area contributed by atoms with Crippen LogP contribution in [-0.4, -0.2) is 41.8 Å². The van der Waals surface area contributed by atoms with Gasteiger partial charge in [0.25, 0.3) is 0 Å². The average molecular weight is 611 g/mol. The van der Waals surface area contributed by atoms with Crippen LogP contribution in [0.25, 0.3) is 0 Å². The highest BCUT2D eigenvalue weighted by atomic mass is 35.5. The summed E-state index contributed by atoms with van der Waals surface area (Å²) in [6.07, 6.45) is 1.09. The zero-order valence-electron chi connectivity index (χ0n) is 23.2. The number of anilines is 1. The van der Waals surface area contributed by atoms with Crippen LogP contribution in [0.2, 0.25) is 10.0 Å². The fraction of sp³-hybridized carbons (Fsp3) is 0.344. The molecule has 10 heteroatoms. The first-order valence-corrected chi connectivity index (χ1v) is 14.7. The number of nitrogens with zero attached hydrogens (tertiary/aromatic N) is 1. The van der Waals surface area contributed by atoms with Crippen LogP contribution in [0.15, 0.2) is 54.6 Å². The summed E-state index contributed by atoms with van der Waals surface area (Å²) in [5.74, 6) is -1.26. The van der Waals surface area contributed by atoms with E-state index < -0.39 is 23.2 Å². The first-order valence-electron chi connectivity index (χ1n) is 14.0. The van der Waals surface area contributed by atoms with E-state index in [-0.39, 0.29) is 30.2 Å². The molecule has 3 aromatic rings. The number of fused-ring (bicyclic) bond motifs is 2. The summed E-state index contributed by atoms with van der Waals surface area (Å²) < 4.78 is 21.2. The van der Waals surface area contributed by atoms with E-state index >= 15 is 0 Å². The molecule has 3 aliphatic rings. The zero-order chi connectivity index (χ0) is 29.8. The van der Waals surface area contributed by atoms with Gasteiger partial charge in [0.15, 0.2) is 0 Å². The lowest BCUT2D eigenvalue weighted by molar-refractivity contribution is -0.132. The van der Waals surface area contributed by atoms with Crippen LogP contribution >= 0.6 is 23.2 Å². The van der Waals surface area contributed by atoms with Crippen LogP contribution in [-0.2, 0) is 19.8 Å². The Bertz CT molecular complexity index is 1610. The maximum absolute atomic E-state index is 14.7. The molecule has 0 bridgehead atoms. The molecule has 3 aromatic carbocycles. The number of carbonyl (C=O) groups excluding carboxylic acids is 3. The lowest BCUT2D eigenvalue weighted by Gasteiger charge is -2.47. The quantitative estimate of drug-likeness (QED) is 0.376. The van der Waals surface area contributed by atoms with Gasteiger partial charge in [-0.3, -0.25) is 14.4 Å². The molecule has 0 unspecified atom stereocenters. The molecule has 7 nitrogen and oxygen atoms in total. The van der Waals surface area contributed by atoms with Crippen LogP contribution in [0.1, 0.15) is 60.4 Å². The van der Waals surface area contributed by atoms with Crippen LogP contribution in [0.3, 0.4) is 0 Å². The van der Waals surface area contributed by atoms with Gasteiger partial charge in [0.1, 0.15) is 23.1 Å². The second kappa shape index (κ2) is 10.9.